The summed E-state index contributed by atoms with van der Waals surface area (Å²) in [4.78, 5) is 21.5. The van der Waals surface area contributed by atoms with Gasteiger partial charge in [-0.25, -0.2) is 4.79 Å². The number of hydrogen-bond donors (Lipinski definition) is 1. The van der Waals surface area contributed by atoms with Crippen LogP contribution in [0.25, 0.3) is 0 Å². The van der Waals surface area contributed by atoms with Gasteiger partial charge in [-0.1, -0.05) is 0 Å². The standard InChI is InChI=1S/C11H11F3N2O5/c1-2-20-10(17)6-3-8(16(18)19)7(15)4-9(6)21-5-11(12,13)14/h3-4H,2,5,15H2,1H3. The summed E-state index contributed by atoms with van der Waals surface area (Å²) < 4.78 is 45.5. The molecule has 1 aromatic rings. The lowest BCUT2D eigenvalue weighted by Gasteiger charge is -2.13. The molecule has 0 unspecified atom stereocenters. The molecule has 0 aromatic heterocycles. The average Bonchev–Trinajstić information content (AvgIpc) is 2.35. The normalized spacial score (nSPS) is 11.0. The SMILES string of the molecule is CCOC(=O)c1cc([N+](=O)[O-])c(N)cc1OCC(F)(F)F. The monoisotopic (exact) mass is 308 g/mol. The van der Waals surface area contributed by atoms with Gasteiger partial charge in [-0.15, -0.1) is 0 Å². The Morgan fingerprint density at radius 3 is 2.52 bits per heavy atom. The maximum atomic E-state index is 12.1. The van der Waals surface area contributed by atoms with E-state index in [1.165, 1.54) is 6.92 Å². The van der Waals surface area contributed by atoms with E-state index in [9.17, 15) is 28.1 Å². The highest BCUT2D eigenvalue weighted by Gasteiger charge is 2.30. The molecule has 0 heterocycles. The minimum atomic E-state index is -4.64. The number of nitro benzene ring substituents is 1. The van der Waals surface area contributed by atoms with Gasteiger partial charge in [0.25, 0.3) is 5.69 Å². The quantitative estimate of drug-likeness (QED) is 0.387. The number of anilines is 1. The van der Waals surface area contributed by atoms with Crippen molar-refractivity contribution in [3.8, 4) is 5.75 Å². The molecule has 10 heteroatoms. The summed E-state index contributed by atoms with van der Waals surface area (Å²) in [5.74, 6) is -1.58. The number of nitrogen functional groups attached to an aromatic ring is 1. The van der Waals surface area contributed by atoms with Crippen molar-refractivity contribution >= 4 is 17.3 Å². The van der Waals surface area contributed by atoms with Crippen molar-refractivity contribution in [2.45, 2.75) is 13.1 Å². The second kappa shape index (κ2) is 6.29. The number of benzene rings is 1. The molecule has 0 bridgehead atoms. The van der Waals surface area contributed by atoms with Crippen LogP contribution in [0.4, 0.5) is 24.5 Å². The number of ether oxygens (including phenoxy) is 2. The highest BCUT2D eigenvalue weighted by Crippen LogP contribution is 2.32. The smallest absolute Gasteiger partial charge is 0.422 e. The third-order valence-corrected chi connectivity index (χ3v) is 2.21. The van der Waals surface area contributed by atoms with Gasteiger partial charge in [0, 0.05) is 12.1 Å². The molecule has 0 radical (unpaired) electrons. The largest absolute Gasteiger partial charge is 0.483 e. The number of carbonyl (C=O) groups is 1. The van der Waals surface area contributed by atoms with Gasteiger partial charge in [-0.3, -0.25) is 10.1 Å². The first kappa shape index (κ1) is 16.5. The van der Waals surface area contributed by atoms with Crippen LogP contribution < -0.4 is 10.5 Å². The zero-order valence-corrected chi connectivity index (χ0v) is 10.8. The summed E-state index contributed by atoms with van der Waals surface area (Å²) in [7, 11) is 0. The first-order chi connectivity index (χ1) is 9.65. The highest BCUT2D eigenvalue weighted by atomic mass is 19.4. The van der Waals surface area contributed by atoms with E-state index in [0.717, 1.165) is 12.1 Å². The molecule has 0 aliphatic rings. The lowest BCUT2D eigenvalue weighted by molar-refractivity contribution is -0.383. The Hall–Kier alpha value is -2.52. The van der Waals surface area contributed by atoms with E-state index in [-0.39, 0.29) is 6.61 Å². The van der Waals surface area contributed by atoms with Gasteiger partial charge in [0.05, 0.1) is 11.5 Å². The molecular weight excluding hydrogens is 297 g/mol. The van der Waals surface area contributed by atoms with E-state index in [4.69, 9.17) is 5.73 Å². The topological polar surface area (TPSA) is 105 Å². The van der Waals surface area contributed by atoms with Gasteiger partial charge >= 0.3 is 12.1 Å². The fourth-order valence-corrected chi connectivity index (χ4v) is 1.39. The third kappa shape index (κ3) is 4.51. The molecule has 0 aliphatic carbocycles. The maximum Gasteiger partial charge on any atom is 0.422 e. The third-order valence-electron chi connectivity index (χ3n) is 2.21. The van der Waals surface area contributed by atoms with Crippen LogP contribution in [0.2, 0.25) is 0 Å². The Morgan fingerprint density at radius 1 is 1.43 bits per heavy atom. The predicted molar refractivity (Wildman–Crippen MR) is 65.0 cm³/mol. The molecule has 2 N–H and O–H groups in total. The maximum absolute atomic E-state index is 12.1. The van der Waals surface area contributed by atoms with Gasteiger partial charge in [0.15, 0.2) is 6.61 Å². The molecule has 116 valence electrons. The van der Waals surface area contributed by atoms with E-state index < -0.39 is 46.4 Å². The summed E-state index contributed by atoms with van der Waals surface area (Å²) in [6, 6.07) is 1.51. The van der Waals surface area contributed by atoms with Crippen LogP contribution >= 0.6 is 0 Å². The van der Waals surface area contributed by atoms with Crippen LogP contribution in [0.15, 0.2) is 12.1 Å². The van der Waals surface area contributed by atoms with Crippen molar-refractivity contribution in [1.82, 2.24) is 0 Å². The number of rotatable bonds is 5. The minimum absolute atomic E-state index is 0.0598. The second-order valence-electron chi connectivity index (χ2n) is 3.79. The first-order valence-corrected chi connectivity index (χ1v) is 5.60. The number of hydrogen-bond acceptors (Lipinski definition) is 6. The molecule has 0 atom stereocenters. The number of halogens is 3. The molecular formula is C11H11F3N2O5. The fraction of sp³-hybridized carbons (Fsp3) is 0.364. The summed E-state index contributed by atoms with van der Waals surface area (Å²) in [5.41, 5.74) is 3.80. The number of esters is 1. The van der Waals surface area contributed by atoms with E-state index in [0.29, 0.717) is 0 Å². The predicted octanol–water partition coefficient (Wildman–Crippen LogP) is 2.29. The molecule has 0 fully saturated rings. The van der Waals surface area contributed by atoms with Crippen molar-refractivity contribution in [3.63, 3.8) is 0 Å². The lowest BCUT2D eigenvalue weighted by atomic mass is 10.1. The highest BCUT2D eigenvalue weighted by molar-refractivity contribution is 5.94. The van der Waals surface area contributed by atoms with Crippen molar-refractivity contribution in [2.75, 3.05) is 18.9 Å². The zero-order chi connectivity index (χ0) is 16.2. The lowest BCUT2D eigenvalue weighted by Crippen LogP contribution is -2.20. The van der Waals surface area contributed by atoms with E-state index in [1.807, 2.05) is 0 Å². The molecule has 0 saturated carbocycles. The Bertz CT molecular complexity index is 560. The van der Waals surface area contributed by atoms with Crippen LogP contribution in [-0.2, 0) is 4.74 Å². The molecule has 0 amide bonds. The van der Waals surface area contributed by atoms with Gasteiger partial charge < -0.3 is 15.2 Å². The summed E-state index contributed by atoms with van der Waals surface area (Å²) >= 11 is 0. The Morgan fingerprint density at radius 2 is 2.05 bits per heavy atom. The molecule has 7 nitrogen and oxygen atoms in total. The molecule has 1 rings (SSSR count). The molecule has 1 aromatic carbocycles. The van der Waals surface area contributed by atoms with Gasteiger partial charge in [0.1, 0.15) is 17.0 Å². The molecule has 0 aliphatic heterocycles. The van der Waals surface area contributed by atoms with Crippen molar-refractivity contribution in [3.05, 3.63) is 27.8 Å². The van der Waals surface area contributed by atoms with Crippen molar-refractivity contribution in [1.29, 1.82) is 0 Å². The average molecular weight is 308 g/mol. The minimum Gasteiger partial charge on any atom is -0.483 e. The number of nitrogens with zero attached hydrogens (tertiary/aromatic N) is 1. The van der Waals surface area contributed by atoms with E-state index in [1.54, 1.807) is 0 Å². The van der Waals surface area contributed by atoms with Gasteiger partial charge in [-0.05, 0) is 6.92 Å². The first-order valence-electron chi connectivity index (χ1n) is 5.60. The second-order valence-corrected chi connectivity index (χ2v) is 3.79. The number of carbonyl (C=O) groups excluding carboxylic acids is 1. The summed E-state index contributed by atoms with van der Waals surface area (Å²) in [6.07, 6.45) is -4.64. The van der Waals surface area contributed by atoms with Crippen LogP contribution in [-0.4, -0.2) is 30.3 Å². The number of nitrogens with two attached hydrogens (primary N) is 1. The number of alkyl halides is 3. The number of nitro groups is 1. The summed E-state index contributed by atoms with van der Waals surface area (Å²) in [5, 5.41) is 10.7. The van der Waals surface area contributed by atoms with E-state index >= 15 is 0 Å². The van der Waals surface area contributed by atoms with Crippen molar-refractivity contribution in [2.24, 2.45) is 0 Å². The molecule has 0 spiro atoms. The van der Waals surface area contributed by atoms with Crippen LogP contribution in [0.1, 0.15) is 17.3 Å². The Balaban J connectivity index is 3.23. The Labute approximate surface area is 116 Å². The molecule has 0 saturated heterocycles. The summed E-state index contributed by atoms with van der Waals surface area (Å²) in [6.45, 7) is -0.258. The van der Waals surface area contributed by atoms with Crippen molar-refractivity contribution < 1.29 is 32.4 Å². The Kier molecular flexibility index (Phi) is 4.95. The van der Waals surface area contributed by atoms with E-state index in [2.05, 4.69) is 9.47 Å². The van der Waals surface area contributed by atoms with Crippen LogP contribution in [0.3, 0.4) is 0 Å². The van der Waals surface area contributed by atoms with Gasteiger partial charge in [0.2, 0.25) is 0 Å². The fourth-order valence-electron chi connectivity index (χ4n) is 1.39. The zero-order valence-electron chi connectivity index (χ0n) is 10.8. The van der Waals surface area contributed by atoms with Crippen LogP contribution in [0, 0.1) is 10.1 Å². The molecule has 21 heavy (non-hydrogen) atoms. The van der Waals surface area contributed by atoms with Gasteiger partial charge in [-0.2, -0.15) is 13.2 Å². The van der Waals surface area contributed by atoms with Crippen LogP contribution in [0.5, 0.6) is 5.75 Å².